The third kappa shape index (κ3) is 12.6. The fourth-order valence-electron chi connectivity index (χ4n) is 5.75. The molecule has 0 aromatic rings. The molecule has 52 heavy (non-hydrogen) atoms. The van der Waals surface area contributed by atoms with Gasteiger partial charge in [0.15, 0.2) is 17.6 Å². The SMILES string of the molecule is CCC1(C)CC(C)(CC)C(=O)OC[C@H](N)C(=O)N[C@H](C(=O)O)COC(=O)C(C)(CC)CC(C)(C)C(=O)OC[C@H](N)C(=O)CC(C(=O)O)COCC1=O. The molecular weight excluding hydrogens is 686 g/mol. The zero-order chi connectivity index (χ0) is 40.2. The maximum Gasteiger partial charge on any atom is 0.329 e. The van der Waals surface area contributed by atoms with Crippen LogP contribution in [0.4, 0.5) is 0 Å². The van der Waals surface area contributed by atoms with Crippen molar-refractivity contribution in [3.8, 4) is 0 Å². The van der Waals surface area contributed by atoms with Gasteiger partial charge in [-0.3, -0.25) is 33.6 Å². The summed E-state index contributed by atoms with van der Waals surface area (Å²) in [6, 6.07) is -4.62. The number of Topliss-reactive ketones (excluding diaryl/α,β-unsaturated/α-hetero) is 2. The topological polar surface area (TPSA) is 278 Å². The molecule has 0 radical (unpaired) electrons. The van der Waals surface area contributed by atoms with Crippen LogP contribution in [0.2, 0.25) is 0 Å². The van der Waals surface area contributed by atoms with Crippen molar-refractivity contribution < 1.29 is 67.5 Å². The largest absolute Gasteiger partial charge is 0.481 e. The van der Waals surface area contributed by atoms with Gasteiger partial charge in [0, 0.05) is 11.8 Å². The van der Waals surface area contributed by atoms with E-state index in [0.29, 0.717) is 0 Å². The summed E-state index contributed by atoms with van der Waals surface area (Å²) < 4.78 is 21.4. The van der Waals surface area contributed by atoms with E-state index in [0.717, 1.165) is 0 Å². The molecule has 7 N–H and O–H groups in total. The number of cyclic esters (lactones) is 3. The third-order valence-corrected chi connectivity index (χ3v) is 10.0. The number of ether oxygens (including phenoxy) is 4. The number of rotatable bonds is 5. The van der Waals surface area contributed by atoms with Crippen LogP contribution in [0.5, 0.6) is 0 Å². The molecule has 0 bridgehead atoms. The summed E-state index contributed by atoms with van der Waals surface area (Å²) in [5.41, 5.74) is 6.82. The van der Waals surface area contributed by atoms with Crippen LogP contribution in [-0.2, 0) is 57.3 Å². The van der Waals surface area contributed by atoms with Crippen molar-refractivity contribution in [2.24, 2.45) is 39.0 Å². The number of carbonyl (C=O) groups is 8. The summed E-state index contributed by atoms with van der Waals surface area (Å²) in [4.78, 5) is 103. The molecule has 17 nitrogen and oxygen atoms in total. The molecule has 0 aromatic carbocycles. The Hall–Kier alpha value is -3.96. The number of hydrogen-bond donors (Lipinski definition) is 5. The molecule has 0 saturated carbocycles. The van der Waals surface area contributed by atoms with Crippen molar-refractivity contribution in [2.45, 2.75) is 112 Å². The summed E-state index contributed by atoms with van der Waals surface area (Å²) in [5.74, 6) is -8.90. The van der Waals surface area contributed by atoms with E-state index in [-0.39, 0.29) is 32.1 Å². The Morgan fingerprint density at radius 2 is 1.17 bits per heavy atom. The van der Waals surface area contributed by atoms with Crippen LogP contribution in [0.3, 0.4) is 0 Å². The fourth-order valence-corrected chi connectivity index (χ4v) is 5.75. The van der Waals surface area contributed by atoms with Gasteiger partial charge in [0.25, 0.3) is 0 Å². The Morgan fingerprint density at radius 1 is 0.692 bits per heavy atom. The first-order chi connectivity index (χ1) is 23.9. The maximum atomic E-state index is 13.4. The van der Waals surface area contributed by atoms with Gasteiger partial charge < -0.3 is 45.9 Å². The second kappa shape index (κ2) is 19.2. The molecule has 4 unspecified atom stereocenters. The Morgan fingerprint density at radius 3 is 1.67 bits per heavy atom. The molecule has 1 aliphatic heterocycles. The van der Waals surface area contributed by atoms with Crippen molar-refractivity contribution >= 4 is 47.3 Å². The smallest absolute Gasteiger partial charge is 0.329 e. The highest BCUT2D eigenvalue weighted by Gasteiger charge is 2.45. The molecule has 1 fully saturated rings. The lowest BCUT2D eigenvalue weighted by Crippen LogP contribution is -2.52. The van der Waals surface area contributed by atoms with Crippen molar-refractivity contribution in [1.82, 2.24) is 5.32 Å². The van der Waals surface area contributed by atoms with E-state index in [9.17, 15) is 48.6 Å². The molecule has 1 heterocycles. The lowest BCUT2D eigenvalue weighted by molar-refractivity contribution is -0.165. The molecule has 0 aliphatic carbocycles. The van der Waals surface area contributed by atoms with E-state index in [1.54, 1.807) is 34.6 Å². The highest BCUT2D eigenvalue weighted by atomic mass is 16.5. The molecule has 7 atom stereocenters. The van der Waals surface area contributed by atoms with Crippen LogP contribution in [0.25, 0.3) is 0 Å². The van der Waals surface area contributed by atoms with E-state index in [1.807, 2.05) is 0 Å². The maximum absolute atomic E-state index is 13.4. The van der Waals surface area contributed by atoms with Gasteiger partial charge in [-0.25, -0.2) is 4.79 Å². The first-order valence-corrected chi connectivity index (χ1v) is 17.3. The molecule has 0 aromatic heterocycles. The second-order valence-electron chi connectivity index (χ2n) is 15.0. The lowest BCUT2D eigenvalue weighted by Gasteiger charge is -2.36. The van der Waals surface area contributed by atoms with Crippen molar-refractivity contribution in [2.75, 3.05) is 33.0 Å². The molecule has 1 aliphatic rings. The number of carboxylic acids is 2. The van der Waals surface area contributed by atoms with Crippen LogP contribution < -0.4 is 16.8 Å². The predicted octanol–water partition coefficient (Wildman–Crippen LogP) is 1.15. The molecule has 0 spiro atoms. The van der Waals surface area contributed by atoms with Gasteiger partial charge in [0.2, 0.25) is 5.91 Å². The van der Waals surface area contributed by atoms with E-state index in [2.05, 4.69) is 5.32 Å². The number of hydrogen-bond acceptors (Lipinski definition) is 14. The number of carboxylic acid groups (broad SMARTS) is 2. The monoisotopic (exact) mass is 743 g/mol. The zero-order valence-corrected chi connectivity index (χ0v) is 31.5. The van der Waals surface area contributed by atoms with Crippen molar-refractivity contribution in [3.63, 3.8) is 0 Å². The highest BCUT2D eigenvalue weighted by Crippen LogP contribution is 2.41. The van der Waals surface area contributed by atoms with Gasteiger partial charge in [-0.1, -0.05) is 27.7 Å². The molecule has 296 valence electrons. The minimum Gasteiger partial charge on any atom is -0.481 e. The number of esters is 3. The average Bonchev–Trinajstić information content (AvgIpc) is 3.08. The van der Waals surface area contributed by atoms with E-state index in [4.69, 9.17) is 30.4 Å². The average molecular weight is 744 g/mol. The van der Waals surface area contributed by atoms with Gasteiger partial charge in [0.1, 0.15) is 32.5 Å². The lowest BCUT2D eigenvalue weighted by atomic mass is 9.68. The number of ketones is 2. The molecule has 17 heteroatoms. The number of nitrogens with two attached hydrogens (primary N) is 2. The Bertz CT molecular complexity index is 1350. The predicted molar refractivity (Wildman–Crippen MR) is 183 cm³/mol. The fraction of sp³-hybridized carbons (Fsp3) is 0.771. The van der Waals surface area contributed by atoms with Crippen molar-refractivity contribution in [1.29, 1.82) is 0 Å². The first-order valence-electron chi connectivity index (χ1n) is 17.3. The summed E-state index contributed by atoms with van der Waals surface area (Å²) in [7, 11) is 0. The minimum atomic E-state index is -1.72. The first kappa shape index (κ1) is 46.1. The van der Waals surface area contributed by atoms with Crippen molar-refractivity contribution in [3.05, 3.63) is 0 Å². The summed E-state index contributed by atoms with van der Waals surface area (Å²) >= 11 is 0. The Balaban J connectivity index is 3.44. The quantitative estimate of drug-likeness (QED) is 0.195. The normalized spacial score (nSPS) is 33.1. The number of carbonyl (C=O) groups excluding carboxylic acids is 6. The van der Waals surface area contributed by atoms with Crippen LogP contribution in [0, 0.1) is 27.6 Å². The second-order valence-corrected chi connectivity index (χ2v) is 15.0. The summed E-state index contributed by atoms with van der Waals surface area (Å²) in [5, 5.41) is 21.6. The number of aliphatic carboxylic acids is 2. The molecular formula is C35H57N3O14. The highest BCUT2D eigenvalue weighted by molar-refractivity contribution is 5.90. The third-order valence-electron chi connectivity index (χ3n) is 10.0. The number of amides is 1. The van der Waals surface area contributed by atoms with E-state index >= 15 is 0 Å². The Labute approximate surface area is 304 Å². The zero-order valence-electron chi connectivity index (χ0n) is 31.5. The van der Waals surface area contributed by atoms with Gasteiger partial charge in [-0.15, -0.1) is 0 Å². The van der Waals surface area contributed by atoms with Crippen LogP contribution >= 0.6 is 0 Å². The Kier molecular flexibility index (Phi) is 17.0. The van der Waals surface area contributed by atoms with Gasteiger partial charge in [0.05, 0.1) is 34.8 Å². The van der Waals surface area contributed by atoms with E-state index in [1.165, 1.54) is 20.8 Å². The standard InChI is InChI=1S/C35H57N3O14/c1-9-33(6)19-35(8,11-3)31(48)51-15-22(37)26(41)38-23(28(44)45)16-52-30(47)34(7,10-2)18-32(4,5)29(46)50-14-21(36)24(39)12-20(27(42)43)13-49-17-25(33)40/h20-23H,9-19,36-37H2,1-8H3,(H,38,41)(H,42,43)(H,44,45)/t20?,21-,22-,23-,33?,34?,35?/m0/s1. The summed E-state index contributed by atoms with van der Waals surface area (Å²) in [6.07, 6.45) is -0.0848. The molecule has 1 amide bonds. The van der Waals surface area contributed by atoms with E-state index < -0.39 is 132 Å². The van der Waals surface area contributed by atoms with Crippen LogP contribution in [0.15, 0.2) is 0 Å². The van der Waals surface area contributed by atoms with Gasteiger partial charge in [-0.05, 0) is 59.8 Å². The van der Waals surface area contributed by atoms with Gasteiger partial charge in [-0.2, -0.15) is 0 Å². The van der Waals surface area contributed by atoms with Gasteiger partial charge >= 0.3 is 29.8 Å². The van der Waals surface area contributed by atoms with Crippen LogP contribution in [0.1, 0.15) is 93.9 Å². The minimum absolute atomic E-state index is 0.0101. The molecule has 1 saturated heterocycles. The number of nitrogens with one attached hydrogen (secondary N) is 1. The summed E-state index contributed by atoms with van der Waals surface area (Å²) in [6.45, 7) is 9.73. The molecule has 1 rings (SSSR count). The van der Waals surface area contributed by atoms with Crippen LogP contribution in [-0.4, -0.2) is 109 Å².